The smallest absolute Gasteiger partial charge is 0.350 e. The van der Waals surface area contributed by atoms with Gasteiger partial charge in [-0.25, -0.2) is 9.78 Å². The molecule has 1 N–H and O–H groups in total. The van der Waals surface area contributed by atoms with Crippen LogP contribution in [0.5, 0.6) is 17.2 Å². The van der Waals surface area contributed by atoms with Crippen LogP contribution in [0.25, 0.3) is 5.76 Å². The fourth-order valence-corrected chi connectivity index (χ4v) is 5.40. The Kier molecular flexibility index (Phi) is 7.91. The first-order valence-electron chi connectivity index (χ1n) is 12.0. The summed E-state index contributed by atoms with van der Waals surface area (Å²) in [6.45, 7) is 5.23. The Hall–Kier alpha value is -4.38. The lowest BCUT2D eigenvalue weighted by molar-refractivity contribution is -0.132. The number of hydrogen-bond acceptors (Lipinski definition) is 10. The normalized spacial score (nSPS) is 16.4. The Morgan fingerprint density at radius 1 is 1.03 bits per heavy atom. The van der Waals surface area contributed by atoms with Crippen molar-refractivity contribution in [3.63, 3.8) is 0 Å². The molecule has 0 spiro atoms. The van der Waals surface area contributed by atoms with Gasteiger partial charge in [0.25, 0.3) is 5.78 Å². The van der Waals surface area contributed by atoms with Gasteiger partial charge in [0.2, 0.25) is 0 Å². The summed E-state index contributed by atoms with van der Waals surface area (Å²) in [5.74, 6) is -1.37. The molecule has 1 aliphatic heterocycles. The van der Waals surface area contributed by atoms with Gasteiger partial charge in [-0.05, 0) is 56.7 Å². The summed E-state index contributed by atoms with van der Waals surface area (Å²) in [4.78, 5) is 45.4. The third kappa shape index (κ3) is 4.92. The number of Topliss-reactive ketones (excluding diaryl/α,β-unsaturated/α-hetero) is 1. The fraction of sp³-hybridized carbons (Fsp3) is 0.286. The molecule has 3 aromatic rings. The number of aryl methyl sites for hydroxylation is 2. The third-order valence-corrected chi connectivity index (χ3v) is 7.46. The van der Waals surface area contributed by atoms with Crippen molar-refractivity contribution in [1.82, 2.24) is 4.98 Å². The van der Waals surface area contributed by atoms with Crippen LogP contribution in [0.1, 0.15) is 45.0 Å². The molecule has 0 unspecified atom stereocenters. The number of carbonyl (C=O) groups is 3. The van der Waals surface area contributed by atoms with E-state index in [1.807, 2.05) is 0 Å². The van der Waals surface area contributed by atoms with Crippen molar-refractivity contribution in [2.75, 3.05) is 32.8 Å². The Morgan fingerprint density at radius 3 is 2.31 bits per heavy atom. The second kappa shape index (κ2) is 11.2. The number of ether oxygens (including phenoxy) is 4. The van der Waals surface area contributed by atoms with E-state index in [0.717, 1.165) is 11.3 Å². The first kappa shape index (κ1) is 27.6. The van der Waals surface area contributed by atoms with Gasteiger partial charge in [-0.1, -0.05) is 11.3 Å². The summed E-state index contributed by atoms with van der Waals surface area (Å²) in [6, 6.07) is 8.79. The number of anilines is 1. The largest absolute Gasteiger partial charge is 0.507 e. The maximum absolute atomic E-state index is 13.6. The maximum atomic E-state index is 13.6. The number of aromatic nitrogens is 1. The summed E-state index contributed by atoms with van der Waals surface area (Å²) < 4.78 is 21.3. The minimum atomic E-state index is -1.12. The van der Waals surface area contributed by atoms with Crippen molar-refractivity contribution in [3.8, 4) is 17.2 Å². The Bertz CT molecular complexity index is 1490. The molecule has 39 heavy (non-hydrogen) atoms. The molecule has 0 saturated carbocycles. The predicted molar refractivity (Wildman–Crippen MR) is 145 cm³/mol. The highest BCUT2D eigenvalue weighted by Gasteiger charge is 2.49. The molecule has 0 aliphatic carbocycles. The molecule has 1 atom stereocenters. The molecule has 2 heterocycles. The SMILES string of the molecule is CCOC(=O)c1sc(N2C(=O)C(=O)/C(=C(/O)c3ccc(OC)cc3C)[C@@H]2c2ccc(OC)cc2OC)nc1C. The zero-order valence-electron chi connectivity index (χ0n) is 22.4. The average molecular weight is 553 g/mol. The summed E-state index contributed by atoms with van der Waals surface area (Å²) in [7, 11) is 4.48. The van der Waals surface area contributed by atoms with Gasteiger partial charge in [0, 0.05) is 17.2 Å². The molecule has 10 nitrogen and oxygen atoms in total. The number of hydrogen-bond donors (Lipinski definition) is 1. The molecule has 1 saturated heterocycles. The van der Waals surface area contributed by atoms with Gasteiger partial charge in [0.1, 0.15) is 33.9 Å². The number of esters is 1. The Balaban J connectivity index is 1.98. The number of aliphatic hydroxyl groups excluding tert-OH is 1. The van der Waals surface area contributed by atoms with E-state index in [-0.39, 0.29) is 27.9 Å². The zero-order valence-corrected chi connectivity index (χ0v) is 23.2. The number of amides is 1. The molecular formula is C28H28N2O8S. The molecule has 1 fully saturated rings. The number of aliphatic hydroxyl groups is 1. The molecule has 1 aromatic heterocycles. The number of methoxy groups -OCH3 is 3. The van der Waals surface area contributed by atoms with Crippen molar-refractivity contribution in [3.05, 3.63) is 69.2 Å². The van der Waals surface area contributed by atoms with Gasteiger partial charge in [-0.15, -0.1) is 0 Å². The molecule has 2 aromatic carbocycles. The van der Waals surface area contributed by atoms with Crippen LogP contribution in [0.2, 0.25) is 0 Å². The Labute approximate surface area is 229 Å². The quantitative estimate of drug-likeness (QED) is 0.185. The second-order valence-electron chi connectivity index (χ2n) is 8.59. The molecule has 1 aliphatic rings. The lowest BCUT2D eigenvalue weighted by atomic mass is 9.93. The molecule has 11 heteroatoms. The van der Waals surface area contributed by atoms with Crippen LogP contribution in [0.3, 0.4) is 0 Å². The van der Waals surface area contributed by atoms with Crippen LogP contribution >= 0.6 is 11.3 Å². The van der Waals surface area contributed by atoms with E-state index in [1.165, 1.54) is 26.2 Å². The first-order chi connectivity index (χ1) is 18.7. The van der Waals surface area contributed by atoms with E-state index in [0.29, 0.717) is 39.6 Å². The molecular weight excluding hydrogens is 524 g/mol. The van der Waals surface area contributed by atoms with E-state index in [1.54, 1.807) is 57.2 Å². The molecule has 1 amide bonds. The van der Waals surface area contributed by atoms with Crippen LogP contribution in [0.15, 0.2) is 42.0 Å². The van der Waals surface area contributed by atoms with Crippen molar-refractivity contribution in [2.45, 2.75) is 26.8 Å². The third-order valence-electron chi connectivity index (χ3n) is 6.32. The molecule has 0 radical (unpaired) electrons. The van der Waals surface area contributed by atoms with E-state index >= 15 is 0 Å². The molecule has 4 rings (SSSR count). The average Bonchev–Trinajstić information content (AvgIpc) is 3.44. The summed E-state index contributed by atoms with van der Waals surface area (Å²) in [5, 5.41) is 11.6. The predicted octanol–water partition coefficient (Wildman–Crippen LogP) is 4.59. The minimum Gasteiger partial charge on any atom is -0.507 e. The number of carbonyl (C=O) groups excluding carboxylic acids is 3. The van der Waals surface area contributed by atoms with E-state index in [9.17, 15) is 19.5 Å². The van der Waals surface area contributed by atoms with Gasteiger partial charge in [0.05, 0.1) is 39.2 Å². The van der Waals surface area contributed by atoms with Crippen molar-refractivity contribution >= 4 is 39.9 Å². The monoisotopic (exact) mass is 552 g/mol. The number of rotatable bonds is 8. The standard InChI is InChI=1S/C28H28N2O8S/c1-7-38-27(34)25-15(3)29-28(39-25)30-22(19-11-9-17(36-5)13-20(19)37-6)21(24(32)26(30)33)23(31)18-10-8-16(35-4)12-14(18)2/h8-13,22,31H,7H2,1-6H3/b23-21+/t22-/m0/s1. The summed E-state index contributed by atoms with van der Waals surface area (Å²) >= 11 is 0.929. The van der Waals surface area contributed by atoms with Crippen LogP contribution in [0.4, 0.5) is 5.13 Å². The van der Waals surface area contributed by atoms with Gasteiger partial charge in [0.15, 0.2) is 5.13 Å². The van der Waals surface area contributed by atoms with Crippen LogP contribution < -0.4 is 19.1 Å². The lowest BCUT2D eigenvalue weighted by Crippen LogP contribution is -2.29. The number of thiazole rings is 1. The summed E-state index contributed by atoms with van der Waals surface area (Å²) in [6.07, 6.45) is 0. The highest BCUT2D eigenvalue weighted by Crippen LogP contribution is 2.47. The van der Waals surface area contributed by atoms with E-state index in [4.69, 9.17) is 18.9 Å². The zero-order chi connectivity index (χ0) is 28.4. The fourth-order valence-electron chi connectivity index (χ4n) is 4.41. The van der Waals surface area contributed by atoms with Crippen LogP contribution in [-0.4, -0.2) is 55.7 Å². The number of nitrogens with zero attached hydrogens (tertiary/aromatic N) is 2. The Morgan fingerprint density at radius 2 is 1.69 bits per heavy atom. The highest BCUT2D eigenvalue weighted by molar-refractivity contribution is 7.17. The molecule has 204 valence electrons. The topological polar surface area (TPSA) is 124 Å². The van der Waals surface area contributed by atoms with Gasteiger partial charge in [-0.2, -0.15) is 0 Å². The minimum absolute atomic E-state index is 0.103. The first-order valence-corrected chi connectivity index (χ1v) is 12.8. The highest BCUT2D eigenvalue weighted by atomic mass is 32.1. The summed E-state index contributed by atoms with van der Waals surface area (Å²) in [5.41, 5.74) is 1.60. The molecule has 0 bridgehead atoms. The van der Waals surface area contributed by atoms with Crippen LogP contribution in [0, 0.1) is 13.8 Å². The van der Waals surface area contributed by atoms with Gasteiger partial charge >= 0.3 is 11.9 Å². The second-order valence-corrected chi connectivity index (χ2v) is 9.57. The van der Waals surface area contributed by atoms with E-state index in [2.05, 4.69) is 4.98 Å². The van der Waals surface area contributed by atoms with E-state index < -0.39 is 23.7 Å². The number of ketones is 1. The van der Waals surface area contributed by atoms with Crippen LogP contribution in [-0.2, 0) is 14.3 Å². The van der Waals surface area contributed by atoms with Gasteiger partial charge in [-0.3, -0.25) is 14.5 Å². The maximum Gasteiger partial charge on any atom is 0.350 e. The number of benzene rings is 2. The van der Waals surface area contributed by atoms with Crippen molar-refractivity contribution in [1.29, 1.82) is 0 Å². The van der Waals surface area contributed by atoms with Gasteiger partial charge < -0.3 is 24.1 Å². The van der Waals surface area contributed by atoms with Crippen molar-refractivity contribution in [2.24, 2.45) is 0 Å². The van der Waals surface area contributed by atoms with Crippen molar-refractivity contribution < 1.29 is 38.4 Å². The lowest BCUT2D eigenvalue weighted by Gasteiger charge is -2.25.